The zero-order valence-corrected chi connectivity index (χ0v) is 7.86. The smallest absolute Gasteiger partial charge is 0.303 e. The van der Waals surface area contributed by atoms with Gasteiger partial charge in [-0.15, -0.1) is 0 Å². The number of ether oxygens (including phenoxy) is 1. The number of phenolic OH excluding ortho intramolecular Hbond substituents is 1. The first-order valence-electron chi connectivity index (χ1n) is 4.21. The molecule has 1 rings (SSSR count). The lowest BCUT2D eigenvalue weighted by atomic mass is 10.1. The van der Waals surface area contributed by atoms with Crippen molar-refractivity contribution in [1.82, 2.24) is 0 Å². The van der Waals surface area contributed by atoms with Crippen molar-refractivity contribution >= 4 is 5.97 Å². The van der Waals surface area contributed by atoms with Gasteiger partial charge in [-0.3, -0.25) is 4.79 Å². The fourth-order valence-electron chi connectivity index (χ4n) is 1.18. The summed E-state index contributed by atoms with van der Waals surface area (Å²) in [7, 11) is 1.45. The van der Waals surface area contributed by atoms with Crippen LogP contribution in [-0.2, 0) is 11.2 Å². The van der Waals surface area contributed by atoms with Gasteiger partial charge in [0.15, 0.2) is 11.5 Å². The van der Waals surface area contributed by atoms with Crippen molar-refractivity contribution in [3.05, 3.63) is 23.8 Å². The highest BCUT2D eigenvalue weighted by Gasteiger charge is 2.08. The lowest BCUT2D eigenvalue weighted by molar-refractivity contribution is -0.136. The molecule has 1 aromatic carbocycles. The van der Waals surface area contributed by atoms with E-state index in [2.05, 4.69) is 0 Å². The summed E-state index contributed by atoms with van der Waals surface area (Å²) in [5.41, 5.74) is 0.590. The molecule has 1 aromatic rings. The largest absolute Gasteiger partial charge is 0.504 e. The molecule has 0 bridgehead atoms. The summed E-state index contributed by atoms with van der Waals surface area (Å²) in [4.78, 5) is 10.3. The number of aromatic hydroxyl groups is 1. The van der Waals surface area contributed by atoms with Crippen molar-refractivity contribution in [3.8, 4) is 11.5 Å². The van der Waals surface area contributed by atoms with Crippen molar-refractivity contribution in [2.45, 2.75) is 12.8 Å². The number of benzene rings is 1. The second-order valence-electron chi connectivity index (χ2n) is 2.86. The maximum Gasteiger partial charge on any atom is 0.303 e. The Morgan fingerprint density at radius 2 is 2.21 bits per heavy atom. The molecule has 0 fully saturated rings. The molecule has 76 valence electrons. The molecule has 14 heavy (non-hydrogen) atoms. The number of carboxylic acid groups (broad SMARTS) is 1. The van der Waals surface area contributed by atoms with E-state index in [4.69, 9.17) is 9.84 Å². The monoisotopic (exact) mass is 196 g/mol. The number of hydrogen-bond donors (Lipinski definition) is 2. The van der Waals surface area contributed by atoms with E-state index in [1.165, 1.54) is 7.11 Å². The van der Waals surface area contributed by atoms with Gasteiger partial charge in [0, 0.05) is 6.42 Å². The summed E-state index contributed by atoms with van der Waals surface area (Å²) < 4.78 is 4.90. The summed E-state index contributed by atoms with van der Waals surface area (Å²) in [6.07, 6.45) is 0.305. The highest BCUT2D eigenvalue weighted by atomic mass is 16.5. The van der Waals surface area contributed by atoms with Gasteiger partial charge in [-0.1, -0.05) is 12.1 Å². The molecule has 0 atom stereocenters. The Labute approximate surface area is 81.8 Å². The third-order valence-corrected chi connectivity index (χ3v) is 1.91. The van der Waals surface area contributed by atoms with E-state index in [0.717, 1.165) is 0 Å². The number of phenols is 1. The van der Waals surface area contributed by atoms with Crippen molar-refractivity contribution in [1.29, 1.82) is 0 Å². The summed E-state index contributed by atoms with van der Waals surface area (Å²) in [5.74, 6) is -0.489. The predicted molar refractivity (Wildman–Crippen MR) is 50.6 cm³/mol. The van der Waals surface area contributed by atoms with Crippen LogP contribution < -0.4 is 4.74 Å². The van der Waals surface area contributed by atoms with Crippen LogP contribution in [0.5, 0.6) is 11.5 Å². The van der Waals surface area contributed by atoms with E-state index in [9.17, 15) is 9.90 Å². The number of aryl methyl sites for hydroxylation is 1. The van der Waals surface area contributed by atoms with Crippen LogP contribution in [0.4, 0.5) is 0 Å². The van der Waals surface area contributed by atoms with Crippen LogP contribution in [0.1, 0.15) is 12.0 Å². The van der Waals surface area contributed by atoms with Crippen molar-refractivity contribution < 1.29 is 19.7 Å². The Balaban J connectivity index is 2.81. The molecule has 0 saturated carbocycles. The molecule has 2 N–H and O–H groups in total. The fraction of sp³-hybridized carbons (Fsp3) is 0.300. The maximum absolute atomic E-state index is 10.3. The zero-order valence-electron chi connectivity index (χ0n) is 7.86. The van der Waals surface area contributed by atoms with E-state index in [1.54, 1.807) is 18.2 Å². The van der Waals surface area contributed by atoms with Crippen LogP contribution in [0, 0.1) is 0 Å². The molecule has 0 aliphatic heterocycles. The number of rotatable bonds is 4. The average Bonchev–Trinajstić information content (AvgIpc) is 2.16. The molecule has 4 heteroatoms. The minimum Gasteiger partial charge on any atom is -0.504 e. The van der Waals surface area contributed by atoms with Crippen LogP contribution in [0.25, 0.3) is 0 Å². The molecule has 0 unspecified atom stereocenters. The minimum absolute atomic E-state index is 0.000722. The molecular weight excluding hydrogens is 184 g/mol. The number of carbonyl (C=O) groups is 1. The second-order valence-corrected chi connectivity index (χ2v) is 2.86. The van der Waals surface area contributed by atoms with Gasteiger partial charge < -0.3 is 14.9 Å². The SMILES string of the molecule is COc1cccc(CCC(=O)O)c1O. The number of hydrogen-bond acceptors (Lipinski definition) is 3. The van der Waals surface area contributed by atoms with Gasteiger partial charge >= 0.3 is 5.97 Å². The summed E-state index contributed by atoms with van der Waals surface area (Å²) in [5, 5.41) is 18.1. The normalized spacial score (nSPS) is 9.79. The van der Waals surface area contributed by atoms with E-state index >= 15 is 0 Å². The van der Waals surface area contributed by atoms with Gasteiger partial charge in [0.05, 0.1) is 7.11 Å². The predicted octanol–water partition coefficient (Wildman–Crippen LogP) is 1.42. The first kappa shape index (κ1) is 10.4. The van der Waals surface area contributed by atoms with Gasteiger partial charge in [0.2, 0.25) is 0 Å². The Hall–Kier alpha value is -1.71. The Kier molecular flexibility index (Phi) is 3.34. The molecule has 0 amide bonds. The third-order valence-electron chi connectivity index (χ3n) is 1.91. The van der Waals surface area contributed by atoms with Gasteiger partial charge in [-0.05, 0) is 18.1 Å². The average molecular weight is 196 g/mol. The standard InChI is InChI=1S/C10H12O4/c1-14-8-4-2-3-7(10(8)13)5-6-9(11)12/h2-4,13H,5-6H2,1H3,(H,11,12). The molecule has 0 saturated heterocycles. The van der Waals surface area contributed by atoms with Crippen LogP contribution >= 0.6 is 0 Å². The molecule has 0 aliphatic carbocycles. The molecule has 0 heterocycles. The van der Waals surface area contributed by atoms with E-state index in [-0.39, 0.29) is 12.2 Å². The van der Waals surface area contributed by atoms with Gasteiger partial charge in [0.25, 0.3) is 0 Å². The van der Waals surface area contributed by atoms with Crippen LogP contribution in [0.3, 0.4) is 0 Å². The van der Waals surface area contributed by atoms with Crippen LogP contribution in [0.15, 0.2) is 18.2 Å². The molecular formula is C10H12O4. The second kappa shape index (κ2) is 4.50. The van der Waals surface area contributed by atoms with E-state index in [0.29, 0.717) is 17.7 Å². The minimum atomic E-state index is -0.882. The van der Waals surface area contributed by atoms with Crippen molar-refractivity contribution in [3.63, 3.8) is 0 Å². The summed E-state index contributed by atoms with van der Waals surface area (Å²) >= 11 is 0. The van der Waals surface area contributed by atoms with Crippen molar-refractivity contribution in [2.75, 3.05) is 7.11 Å². The lowest BCUT2D eigenvalue weighted by Gasteiger charge is -2.07. The highest BCUT2D eigenvalue weighted by molar-refractivity contribution is 5.67. The number of carboxylic acids is 1. The van der Waals surface area contributed by atoms with Crippen molar-refractivity contribution in [2.24, 2.45) is 0 Å². The van der Waals surface area contributed by atoms with Gasteiger partial charge in [-0.25, -0.2) is 0 Å². The summed E-state index contributed by atoms with van der Waals surface area (Å²) in [6.45, 7) is 0. The number of para-hydroxylation sites is 1. The maximum atomic E-state index is 10.3. The molecule has 0 radical (unpaired) electrons. The van der Waals surface area contributed by atoms with Gasteiger partial charge in [-0.2, -0.15) is 0 Å². The third kappa shape index (κ3) is 2.39. The first-order valence-corrected chi connectivity index (χ1v) is 4.21. The topological polar surface area (TPSA) is 66.8 Å². The van der Waals surface area contributed by atoms with E-state index in [1.807, 2.05) is 0 Å². The number of aliphatic carboxylic acids is 1. The first-order chi connectivity index (χ1) is 6.65. The highest BCUT2D eigenvalue weighted by Crippen LogP contribution is 2.29. The Morgan fingerprint density at radius 3 is 2.79 bits per heavy atom. The fourth-order valence-corrected chi connectivity index (χ4v) is 1.18. The number of methoxy groups -OCH3 is 1. The van der Waals surface area contributed by atoms with Crippen LogP contribution in [0.2, 0.25) is 0 Å². The Morgan fingerprint density at radius 1 is 1.50 bits per heavy atom. The van der Waals surface area contributed by atoms with Crippen LogP contribution in [-0.4, -0.2) is 23.3 Å². The molecule has 4 nitrogen and oxygen atoms in total. The van der Waals surface area contributed by atoms with Gasteiger partial charge in [0.1, 0.15) is 0 Å². The summed E-state index contributed by atoms with van der Waals surface area (Å²) in [6, 6.07) is 5.02. The lowest BCUT2D eigenvalue weighted by Crippen LogP contribution is -1.98. The quantitative estimate of drug-likeness (QED) is 0.764. The van der Waals surface area contributed by atoms with E-state index < -0.39 is 5.97 Å². The Bertz CT molecular complexity index is 333. The zero-order chi connectivity index (χ0) is 10.6. The molecule has 0 spiro atoms. The molecule has 0 aromatic heterocycles. The molecule has 0 aliphatic rings.